The molecule has 0 spiro atoms. The molecule has 2 aromatic rings. The molecule has 0 aliphatic carbocycles. The summed E-state index contributed by atoms with van der Waals surface area (Å²) in [5.41, 5.74) is 4.29. The van der Waals surface area contributed by atoms with Crippen molar-refractivity contribution in [2.75, 3.05) is 37.8 Å². The molecule has 3 rings (SSSR count). The number of halogens is 1. The first kappa shape index (κ1) is 19.0. The van der Waals surface area contributed by atoms with E-state index in [2.05, 4.69) is 16.3 Å². The molecular formula is C21H26FN3O2. The van der Waals surface area contributed by atoms with Crippen molar-refractivity contribution in [1.29, 1.82) is 0 Å². The zero-order valence-electron chi connectivity index (χ0n) is 16.1. The van der Waals surface area contributed by atoms with Crippen molar-refractivity contribution < 1.29 is 13.9 Å². The average Bonchev–Trinajstić information content (AvgIpc) is 2.68. The smallest absolute Gasteiger partial charge is 0.320 e. The van der Waals surface area contributed by atoms with Gasteiger partial charge in [0.1, 0.15) is 11.6 Å². The number of piperazine rings is 1. The molecule has 2 amide bonds. The van der Waals surface area contributed by atoms with Crippen LogP contribution in [0.25, 0.3) is 0 Å². The van der Waals surface area contributed by atoms with E-state index < -0.39 is 0 Å². The molecule has 1 fully saturated rings. The third kappa shape index (κ3) is 4.51. The lowest BCUT2D eigenvalue weighted by molar-refractivity contribution is 0.181. The molecule has 1 aliphatic rings. The zero-order valence-corrected chi connectivity index (χ0v) is 16.1. The maximum atomic E-state index is 13.0. The number of ether oxygens (including phenoxy) is 1. The van der Waals surface area contributed by atoms with Gasteiger partial charge in [-0.1, -0.05) is 12.1 Å². The van der Waals surface area contributed by atoms with Crippen LogP contribution < -0.4 is 15.0 Å². The number of hydrogen-bond donors (Lipinski definition) is 1. The lowest BCUT2D eigenvalue weighted by atomic mass is 10.1. The fraction of sp³-hybridized carbons (Fsp3) is 0.381. The first-order valence-corrected chi connectivity index (χ1v) is 9.18. The Morgan fingerprint density at radius 2 is 1.63 bits per heavy atom. The Morgan fingerprint density at radius 1 is 1.00 bits per heavy atom. The maximum Gasteiger partial charge on any atom is 0.320 e. The first-order chi connectivity index (χ1) is 13.0. The molecule has 27 heavy (non-hydrogen) atoms. The molecule has 1 saturated heterocycles. The van der Waals surface area contributed by atoms with Gasteiger partial charge in [0.05, 0.1) is 0 Å². The number of hydrogen-bond acceptors (Lipinski definition) is 3. The second-order valence-corrected chi connectivity index (χ2v) is 6.87. The van der Waals surface area contributed by atoms with Crippen LogP contribution in [0.1, 0.15) is 16.7 Å². The monoisotopic (exact) mass is 371 g/mol. The van der Waals surface area contributed by atoms with Gasteiger partial charge in [-0.15, -0.1) is 0 Å². The molecule has 6 heteroatoms. The van der Waals surface area contributed by atoms with Crippen LogP contribution in [0, 0.1) is 26.6 Å². The average molecular weight is 371 g/mol. The molecular weight excluding hydrogens is 345 g/mol. The minimum absolute atomic E-state index is 0.128. The second-order valence-electron chi connectivity index (χ2n) is 6.87. The summed E-state index contributed by atoms with van der Waals surface area (Å²) in [7, 11) is 0. The van der Waals surface area contributed by atoms with E-state index >= 15 is 0 Å². The van der Waals surface area contributed by atoms with Gasteiger partial charge in [0.15, 0.2) is 6.73 Å². The Bertz CT molecular complexity index is 800. The molecule has 0 unspecified atom stereocenters. The van der Waals surface area contributed by atoms with Gasteiger partial charge < -0.3 is 19.9 Å². The largest absolute Gasteiger partial charge is 0.473 e. The van der Waals surface area contributed by atoms with Crippen molar-refractivity contribution >= 4 is 11.7 Å². The molecule has 1 heterocycles. The molecule has 0 atom stereocenters. The van der Waals surface area contributed by atoms with Crippen molar-refractivity contribution in [3.05, 3.63) is 58.9 Å². The minimum atomic E-state index is -0.240. The Morgan fingerprint density at radius 3 is 2.30 bits per heavy atom. The molecule has 0 bridgehead atoms. The lowest BCUT2D eigenvalue weighted by Crippen LogP contribution is -2.52. The molecule has 5 nitrogen and oxygen atoms in total. The quantitative estimate of drug-likeness (QED) is 0.835. The number of amides is 2. The molecule has 2 aromatic carbocycles. The van der Waals surface area contributed by atoms with Crippen molar-refractivity contribution in [1.82, 2.24) is 10.2 Å². The Kier molecular flexibility index (Phi) is 5.84. The Hall–Kier alpha value is -2.76. The number of rotatable bonds is 4. The van der Waals surface area contributed by atoms with Crippen LogP contribution in [0.3, 0.4) is 0 Å². The summed E-state index contributed by atoms with van der Waals surface area (Å²) in [6, 6.07) is 10.4. The van der Waals surface area contributed by atoms with E-state index in [1.807, 2.05) is 26.8 Å². The van der Waals surface area contributed by atoms with Gasteiger partial charge in [0.2, 0.25) is 0 Å². The fourth-order valence-corrected chi connectivity index (χ4v) is 3.25. The van der Waals surface area contributed by atoms with Gasteiger partial charge in [-0.2, -0.15) is 0 Å². The van der Waals surface area contributed by atoms with Crippen molar-refractivity contribution in [3.8, 4) is 5.75 Å². The SMILES string of the molecule is Cc1ccc(C)c(OCNC(=O)N2CCN(c3ccc(F)cc3)CC2)c1C. The summed E-state index contributed by atoms with van der Waals surface area (Å²) < 4.78 is 18.9. The van der Waals surface area contributed by atoms with E-state index in [-0.39, 0.29) is 18.6 Å². The molecule has 1 aliphatic heterocycles. The highest BCUT2D eigenvalue weighted by atomic mass is 19.1. The number of carbonyl (C=O) groups is 1. The predicted molar refractivity (Wildman–Crippen MR) is 105 cm³/mol. The first-order valence-electron chi connectivity index (χ1n) is 9.18. The summed E-state index contributed by atoms with van der Waals surface area (Å²) in [6.07, 6.45) is 0. The van der Waals surface area contributed by atoms with Gasteiger partial charge in [-0.3, -0.25) is 0 Å². The number of nitrogens with zero attached hydrogens (tertiary/aromatic N) is 2. The van der Waals surface area contributed by atoms with Crippen LogP contribution in [-0.2, 0) is 0 Å². The van der Waals surface area contributed by atoms with Gasteiger partial charge in [-0.25, -0.2) is 9.18 Å². The number of benzene rings is 2. The predicted octanol–water partition coefficient (Wildman–Crippen LogP) is 3.62. The highest BCUT2D eigenvalue weighted by Gasteiger charge is 2.21. The summed E-state index contributed by atoms with van der Waals surface area (Å²) >= 11 is 0. The summed E-state index contributed by atoms with van der Waals surface area (Å²) in [5, 5.41) is 2.83. The van der Waals surface area contributed by atoms with Crippen molar-refractivity contribution in [3.63, 3.8) is 0 Å². The van der Waals surface area contributed by atoms with Crippen LogP contribution in [0.5, 0.6) is 5.75 Å². The van der Waals surface area contributed by atoms with Gasteiger partial charge >= 0.3 is 6.03 Å². The molecule has 0 aromatic heterocycles. The third-order valence-corrected chi connectivity index (χ3v) is 5.07. The number of carbonyl (C=O) groups excluding carboxylic acids is 1. The van der Waals surface area contributed by atoms with E-state index in [0.717, 1.165) is 35.7 Å². The number of urea groups is 1. The third-order valence-electron chi connectivity index (χ3n) is 5.07. The Labute approximate surface area is 159 Å². The highest BCUT2D eigenvalue weighted by molar-refractivity contribution is 5.74. The van der Waals surface area contributed by atoms with Crippen molar-refractivity contribution in [2.24, 2.45) is 0 Å². The van der Waals surface area contributed by atoms with E-state index in [1.165, 1.54) is 17.7 Å². The normalized spacial score (nSPS) is 14.2. The van der Waals surface area contributed by atoms with Crippen LogP contribution in [0.15, 0.2) is 36.4 Å². The summed E-state index contributed by atoms with van der Waals surface area (Å²) in [6.45, 7) is 8.87. The van der Waals surface area contributed by atoms with Crippen LogP contribution >= 0.6 is 0 Å². The fourth-order valence-electron chi connectivity index (χ4n) is 3.25. The van der Waals surface area contributed by atoms with Crippen LogP contribution in [-0.4, -0.2) is 43.8 Å². The standard InChI is InChI=1S/C21H26FN3O2/c1-15-4-5-16(2)20(17(15)3)27-14-23-21(26)25-12-10-24(11-13-25)19-8-6-18(22)7-9-19/h4-9H,10-14H2,1-3H3,(H,23,26). The molecule has 0 radical (unpaired) electrons. The van der Waals surface area contributed by atoms with E-state index in [0.29, 0.717) is 13.1 Å². The molecule has 144 valence electrons. The van der Waals surface area contributed by atoms with Gasteiger partial charge in [0.25, 0.3) is 0 Å². The number of aryl methyl sites for hydroxylation is 2. The molecule has 1 N–H and O–H groups in total. The minimum Gasteiger partial charge on any atom is -0.473 e. The zero-order chi connectivity index (χ0) is 19.4. The highest BCUT2D eigenvalue weighted by Crippen LogP contribution is 2.25. The topological polar surface area (TPSA) is 44.8 Å². The number of anilines is 1. The van der Waals surface area contributed by atoms with E-state index in [9.17, 15) is 9.18 Å². The van der Waals surface area contributed by atoms with E-state index in [4.69, 9.17) is 4.74 Å². The van der Waals surface area contributed by atoms with Crippen molar-refractivity contribution in [2.45, 2.75) is 20.8 Å². The van der Waals surface area contributed by atoms with E-state index in [1.54, 1.807) is 17.0 Å². The molecule has 0 saturated carbocycles. The maximum absolute atomic E-state index is 13.0. The Balaban J connectivity index is 1.47. The van der Waals surface area contributed by atoms with Crippen LogP contribution in [0.4, 0.5) is 14.9 Å². The second kappa shape index (κ2) is 8.29. The van der Waals surface area contributed by atoms with Gasteiger partial charge in [0, 0.05) is 31.9 Å². The summed E-state index contributed by atoms with van der Waals surface area (Å²) in [4.78, 5) is 16.3. The van der Waals surface area contributed by atoms with Gasteiger partial charge in [-0.05, 0) is 61.7 Å². The number of nitrogens with one attached hydrogen (secondary N) is 1. The summed E-state index contributed by atoms with van der Waals surface area (Å²) in [5.74, 6) is 0.590. The lowest BCUT2D eigenvalue weighted by Gasteiger charge is -2.36. The van der Waals surface area contributed by atoms with Crippen LogP contribution in [0.2, 0.25) is 0 Å².